The maximum absolute atomic E-state index is 11.9. The number of hydrogen-bond donors (Lipinski definition) is 3. The molecular formula is C14H17N5O2. The molecule has 7 nitrogen and oxygen atoms in total. The van der Waals surface area contributed by atoms with E-state index < -0.39 is 6.03 Å². The fourth-order valence-corrected chi connectivity index (χ4v) is 1.69. The number of nitrogens with one attached hydrogen (secondary N) is 2. The predicted octanol–water partition coefficient (Wildman–Crippen LogP) is 1.90. The number of rotatable bonds is 4. The lowest BCUT2D eigenvalue weighted by Crippen LogP contribution is -2.20. The SMILES string of the molecule is COc1cc(CN)ccc1NC(=O)Nc1cnc(C)cn1. The Morgan fingerprint density at radius 2 is 2.10 bits per heavy atom. The van der Waals surface area contributed by atoms with Crippen LogP contribution >= 0.6 is 0 Å². The molecule has 2 rings (SSSR count). The summed E-state index contributed by atoms with van der Waals surface area (Å²) in [5.41, 5.74) is 7.81. The highest BCUT2D eigenvalue weighted by atomic mass is 16.5. The Labute approximate surface area is 122 Å². The van der Waals surface area contributed by atoms with Gasteiger partial charge in [-0.25, -0.2) is 9.78 Å². The minimum absolute atomic E-state index is 0.371. The van der Waals surface area contributed by atoms with E-state index in [-0.39, 0.29) is 0 Å². The summed E-state index contributed by atoms with van der Waals surface area (Å²) in [5.74, 6) is 0.915. The molecule has 0 saturated carbocycles. The molecule has 0 aliphatic heterocycles. The summed E-state index contributed by atoms with van der Waals surface area (Å²) in [6.07, 6.45) is 3.07. The van der Waals surface area contributed by atoms with Gasteiger partial charge in [-0.3, -0.25) is 10.3 Å². The molecule has 0 aliphatic rings. The molecule has 0 aliphatic carbocycles. The van der Waals surface area contributed by atoms with Gasteiger partial charge in [-0.1, -0.05) is 6.07 Å². The number of aromatic nitrogens is 2. The van der Waals surface area contributed by atoms with Gasteiger partial charge in [0.15, 0.2) is 5.82 Å². The minimum Gasteiger partial charge on any atom is -0.495 e. The first kappa shape index (κ1) is 14.7. The van der Waals surface area contributed by atoms with Crippen LogP contribution in [0.25, 0.3) is 0 Å². The van der Waals surface area contributed by atoms with Gasteiger partial charge in [0.2, 0.25) is 0 Å². The first-order valence-corrected chi connectivity index (χ1v) is 6.36. The molecule has 1 heterocycles. The first-order valence-electron chi connectivity index (χ1n) is 6.36. The zero-order chi connectivity index (χ0) is 15.2. The molecule has 2 aromatic rings. The van der Waals surface area contributed by atoms with Gasteiger partial charge in [0.05, 0.1) is 30.9 Å². The van der Waals surface area contributed by atoms with Crippen molar-refractivity contribution in [2.75, 3.05) is 17.7 Å². The second-order valence-corrected chi connectivity index (χ2v) is 4.36. The minimum atomic E-state index is -0.424. The highest BCUT2D eigenvalue weighted by molar-refractivity contribution is 6.00. The van der Waals surface area contributed by atoms with Crippen molar-refractivity contribution in [3.05, 3.63) is 41.9 Å². The highest BCUT2D eigenvalue weighted by Gasteiger charge is 2.09. The number of hydrogen-bond acceptors (Lipinski definition) is 5. The summed E-state index contributed by atoms with van der Waals surface area (Å²) < 4.78 is 5.23. The van der Waals surface area contributed by atoms with E-state index in [9.17, 15) is 4.79 Å². The number of methoxy groups -OCH3 is 1. The topological polar surface area (TPSA) is 102 Å². The number of ether oxygens (including phenoxy) is 1. The van der Waals surface area contributed by atoms with E-state index in [4.69, 9.17) is 10.5 Å². The fraction of sp³-hybridized carbons (Fsp3) is 0.214. The number of nitrogens with zero attached hydrogens (tertiary/aromatic N) is 2. The molecule has 21 heavy (non-hydrogen) atoms. The summed E-state index contributed by atoms with van der Waals surface area (Å²) in [6, 6.07) is 4.92. The number of anilines is 2. The smallest absolute Gasteiger partial charge is 0.324 e. The van der Waals surface area contributed by atoms with Gasteiger partial charge >= 0.3 is 6.03 Å². The summed E-state index contributed by atoms with van der Waals surface area (Å²) in [7, 11) is 1.53. The molecule has 0 spiro atoms. The summed E-state index contributed by atoms with van der Waals surface area (Å²) in [6.45, 7) is 2.22. The van der Waals surface area contributed by atoms with Gasteiger partial charge < -0.3 is 15.8 Å². The van der Waals surface area contributed by atoms with Gasteiger partial charge in [-0.2, -0.15) is 0 Å². The average molecular weight is 287 g/mol. The number of benzene rings is 1. The number of carbonyl (C=O) groups is 1. The number of amides is 2. The maximum atomic E-state index is 11.9. The maximum Gasteiger partial charge on any atom is 0.324 e. The third-order valence-electron chi connectivity index (χ3n) is 2.77. The lowest BCUT2D eigenvalue weighted by molar-refractivity contribution is 0.262. The van der Waals surface area contributed by atoms with Crippen LogP contribution in [0.2, 0.25) is 0 Å². The molecule has 0 atom stereocenters. The van der Waals surface area contributed by atoms with Gasteiger partial charge in [0.25, 0.3) is 0 Å². The van der Waals surface area contributed by atoms with Crippen LogP contribution in [0, 0.1) is 6.92 Å². The second kappa shape index (κ2) is 6.67. The largest absolute Gasteiger partial charge is 0.495 e. The third kappa shape index (κ3) is 3.90. The Bertz CT molecular complexity index is 628. The molecule has 0 unspecified atom stereocenters. The molecule has 0 saturated heterocycles. The van der Waals surface area contributed by atoms with Crippen molar-refractivity contribution in [1.29, 1.82) is 0 Å². The molecule has 2 amide bonds. The Balaban J connectivity index is 2.07. The lowest BCUT2D eigenvalue weighted by atomic mass is 10.2. The van der Waals surface area contributed by atoms with Gasteiger partial charge in [-0.15, -0.1) is 0 Å². The predicted molar refractivity (Wildman–Crippen MR) is 80.3 cm³/mol. The van der Waals surface area contributed by atoms with Crippen LogP contribution in [0.3, 0.4) is 0 Å². The zero-order valence-corrected chi connectivity index (χ0v) is 11.9. The van der Waals surface area contributed by atoms with E-state index in [1.54, 1.807) is 18.3 Å². The van der Waals surface area contributed by atoms with Crippen LogP contribution in [0.5, 0.6) is 5.75 Å². The summed E-state index contributed by atoms with van der Waals surface area (Å²) >= 11 is 0. The van der Waals surface area contributed by atoms with Crippen LogP contribution in [-0.4, -0.2) is 23.1 Å². The lowest BCUT2D eigenvalue weighted by Gasteiger charge is -2.12. The van der Waals surface area contributed by atoms with E-state index in [0.29, 0.717) is 23.8 Å². The van der Waals surface area contributed by atoms with E-state index in [2.05, 4.69) is 20.6 Å². The molecule has 110 valence electrons. The van der Waals surface area contributed by atoms with Gasteiger partial charge in [0, 0.05) is 6.54 Å². The van der Waals surface area contributed by atoms with Crippen molar-refractivity contribution < 1.29 is 9.53 Å². The number of urea groups is 1. The van der Waals surface area contributed by atoms with Crippen LogP contribution in [0.4, 0.5) is 16.3 Å². The van der Waals surface area contributed by atoms with Crippen molar-refractivity contribution in [2.24, 2.45) is 5.73 Å². The van der Waals surface area contributed by atoms with E-state index in [1.165, 1.54) is 13.3 Å². The van der Waals surface area contributed by atoms with Crippen molar-refractivity contribution >= 4 is 17.5 Å². The molecule has 1 aromatic carbocycles. The first-order chi connectivity index (χ1) is 10.1. The van der Waals surface area contributed by atoms with Crippen molar-refractivity contribution in [3.63, 3.8) is 0 Å². The quantitative estimate of drug-likeness (QED) is 0.797. The van der Waals surface area contributed by atoms with E-state index in [0.717, 1.165) is 11.3 Å². The van der Waals surface area contributed by atoms with Crippen molar-refractivity contribution in [2.45, 2.75) is 13.5 Å². The average Bonchev–Trinajstić information content (AvgIpc) is 2.50. The van der Waals surface area contributed by atoms with Crippen LogP contribution in [-0.2, 0) is 6.54 Å². The second-order valence-electron chi connectivity index (χ2n) is 4.36. The molecule has 4 N–H and O–H groups in total. The number of aryl methyl sites for hydroxylation is 1. The molecular weight excluding hydrogens is 270 g/mol. The Kier molecular flexibility index (Phi) is 4.68. The van der Waals surface area contributed by atoms with Crippen molar-refractivity contribution in [1.82, 2.24) is 9.97 Å². The van der Waals surface area contributed by atoms with Crippen molar-refractivity contribution in [3.8, 4) is 5.75 Å². The number of nitrogens with two attached hydrogens (primary N) is 1. The fourth-order valence-electron chi connectivity index (χ4n) is 1.69. The number of carbonyl (C=O) groups excluding carboxylic acids is 1. The summed E-state index contributed by atoms with van der Waals surface area (Å²) in [4.78, 5) is 20.0. The van der Waals surface area contributed by atoms with Gasteiger partial charge in [-0.05, 0) is 24.6 Å². The van der Waals surface area contributed by atoms with E-state index in [1.807, 2.05) is 13.0 Å². The standard InChI is InChI=1S/C14H17N5O2/c1-9-7-17-13(8-16-9)19-14(20)18-11-4-3-10(6-15)5-12(11)21-2/h3-5,7-8H,6,15H2,1-2H3,(H2,17,18,19,20). The molecule has 0 bridgehead atoms. The molecule has 0 fully saturated rings. The van der Waals surface area contributed by atoms with E-state index >= 15 is 0 Å². The highest BCUT2D eigenvalue weighted by Crippen LogP contribution is 2.25. The molecule has 7 heteroatoms. The normalized spacial score (nSPS) is 10.0. The molecule has 1 aromatic heterocycles. The Morgan fingerprint density at radius 1 is 1.29 bits per heavy atom. The third-order valence-corrected chi connectivity index (χ3v) is 2.77. The van der Waals surface area contributed by atoms with Crippen LogP contribution in [0.1, 0.15) is 11.3 Å². The molecule has 0 radical (unpaired) electrons. The Morgan fingerprint density at radius 3 is 2.71 bits per heavy atom. The monoisotopic (exact) mass is 287 g/mol. The van der Waals surface area contributed by atoms with Gasteiger partial charge in [0.1, 0.15) is 5.75 Å². The zero-order valence-electron chi connectivity index (χ0n) is 11.9. The van der Waals surface area contributed by atoms with Crippen LogP contribution < -0.4 is 21.1 Å². The van der Waals surface area contributed by atoms with Crippen LogP contribution in [0.15, 0.2) is 30.6 Å². The Hall–Kier alpha value is -2.67. The summed E-state index contributed by atoms with van der Waals surface area (Å²) in [5, 5.41) is 5.29.